The largest absolute Gasteiger partial charge is 0.463 e. The molecule has 0 N–H and O–H groups in total. The van der Waals surface area contributed by atoms with Gasteiger partial charge in [0.25, 0.3) is 0 Å². The van der Waals surface area contributed by atoms with E-state index in [-0.39, 0.29) is 18.2 Å². The highest BCUT2D eigenvalue weighted by molar-refractivity contribution is 5.65. The van der Waals surface area contributed by atoms with Crippen molar-refractivity contribution in [3.63, 3.8) is 0 Å². The zero-order valence-electron chi connectivity index (χ0n) is 10.1. The number of esters is 1. The first-order valence-electron chi connectivity index (χ1n) is 6.08. The molecule has 1 aromatic rings. The van der Waals surface area contributed by atoms with Crippen LogP contribution < -0.4 is 0 Å². The Balaban J connectivity index is 1.57. The van der Waals surface area contributed by atoms with Crippen molar-refractivity contribution >= 4 is 5.97 Å². The molecule has 1 aromatic carbocycles. The lowest BCUT2D eigenvalue weighted by atomic mass is 10.1. The number of hydrogen-bond acceptors (Lipinski definition) is 3. The molecule has 2 rings (SSSR count). The number of hydrogen-bond donors (Lipinski definition) is 0. The predicted molar refractivity (Wildman–Crippen MR) is 64.7 cm³/mol. The van der Waals surface area contributed by atoms with E-state index in [1.807, 2.05) is 6.07 Å². The molecule has 0 aliphatic carbocycles. The fraction of sp³-hybridized carbons (Fsp3) is 0.500. The lowest BCUT2D eigenvalue weighted by Gasteiger charge is -1.99. The Bertz CT molecular complexity index is 361. The summed E-state index contributed by atoms with van der Waals surface area (Å²) in [5, 5.41) is 0. The van der Waals surface area contributed by atoms with Crippen molar-refractivity contribution in [1.82, 2.24) is 0 Å². The van der Waals surface area contributed by atoms with Gasteiger partial charge >= 0.3 is 5.97 Å². The standard InChI is InChI=1S/C14H18O3/c1-11(15)16-10-14-13(17-14)9-5-8-12-6-3-2-4-7-12/h2-4,6-7,13-14H,5,8-10H2,1H3/t13-,14-/m0/s1. The summed E-state index contributed by atoms with van der Waals surface area (Å²) in [5.41, 5.74) is 1.37. The van der Waals surface area contributed by atoms with Crippen LogP contribution in [-0.2, 0) is 20.7 Å². The third kappa shape index (κ3) is 4.19. The van der Waals surface area contributed by atoms with Crippen LogP contribution in [0.3, 0.4) is 0 Å². The average molecular weight is 234 g/mol. The Kier molecular flexibility index (Phi) is 4.15. The average Bonchev–Trinajstić information content (AvgIpc) is 3.07. The van der Waals surface area contributed by atoms with Gasteiger partial charge in [-0.05, 0) is 24.8 Å². The summed E-state index contributed by atoms with van der Waals surface area (Å²) < 4.78 is 10.3. The fourth-order valence-electron chi connectivity index (χ4n) is 1.93. The van der Waals surface area contributed by atoms with Gasteiger partial charge in [-0.2, -0.15) is 0 Å². The number of rotatable bonds is 6. The van der Waals surface area contributed by atoms with Crippen LogP contribution in [0.1, 0.15) is 25.3 Å². The van der Waals surface area contributed by atoms with Gasteiger partial charge < -0.3 is 9.47 Å². The van der Waals surface area contributed by atoms with E-state index in [1.54, 1.807) is 0 Å². The zero-order chi connectivity index (χ0) is 12.1. The summed E-state index contributed by atoms with van der Waals surface area (Å²) in [5.74, 6) is -0.233. The molecular formula is C14H18O3. The molecule has 92 valence electrons. The second-order valence-electron chi connectivity index (χ2n) is 4.39. The Hall–Kier alpha value is -1.35. The molecule has 0 aromatic heterocycles. The molecule has 1 heterocycles. The van der Waals surface area contributed by atoms with Crippen molar-refractivity contribution in [3.05, 3.63) is 35.9 Å². The fourth-order valence-corrected chi connectivity index (χ4v) is 1.93. The highest BCUT2D eigenvalue weighted by Gasteiger charge is 2.38. The van der Waals surface area contributed by atoms with Crippen molar-refractivity contribution in [2.24, 2.45) is 0 Å². The molecule has 0 spiro atoms. The molecule has 3 heteroatoms. The minimum atomic E-state index is -0.233. The summed E-state index contributed by atoms with van der Waals surface area (Å²) in [4.78, 5) is 10.6. The maximum atomic E-state index is 10.6. The predicted octanol–water partition coefficient (Wildman–Crippen LogP) is 2.34. The maximum absolute atomic E-state index is 10.6. The molecular weight excluding hydrogens is 216 g/mol. The third-order valence-electron chi connectivity index (χ3n) is 2.94. The number of carbonyl (C=O) groups excluding carboxylic acids is 1. The molecule has 0 unspecified atom stereocenters. The normalized spacial score (nSPS) is 22.2. The lowest BCUT2D eigenvalue weighted by molar-refractivity contribution is -0.141. The topological polar surface area (TPSA) is 38.8 Å². The molecule has 1 fully saturated rings. The Morgan fingerprint density at radius 1 is 1.29 bits per heavy atom. The highest BCUT2D eigenvalue weighted by Crippen LogP contribution is 2.27. The molecule has 0 amide bonds. The van der Waals surface area contributed by atoms with E-state index in [0.717, 1.165) is 19.3 Å². The van der Waals surface area contributed by atoms with Gasteiger partial charge in [0, 0.05) is 6.92 Å². The third-order valence-corrected chi connectivity index (χ3v) is 2.94. The van der Waals surface area contributed by atoms with Gasteiger partial charge in [-0.15, -0.1) is 0 Å². The molecule has 1 saturated heterocycles. The minimum absolute atomic E-state index is 0.134. The van der Waals surface area contributed by atoms with Crippen molar-refractivity contribution in [3.8, 4) is 0 Å². The summed E-state index contributed by atoms with van der Waals surface area (Å²) in [6.07, 6.45) is 3.67. The molecule has 2 atom stereocenters. The van der Waals surface area contributed by atoms with Crippen molar-refractivity contribution in [2.45, 2.75) is 38.4 Å². The van der Waals surface area contributed by atoms with E-state index in [4.69, 9.17) is 9.47 Å². The van der Waals surface area contributed by atoms with E-state index < -0.39 is 0 Å². The van der Waals surface area contributed by atoms with E-state index in [9.17, 15) is 4.79 Å². The van der Waals surface area contributed by atoms with Crippen molar-refractivity contribution in [2.75, 3.05) is 6.61 Å². The molecule has 0 radical (unpaired) electrons. The van der Waals surface area contributed by atoms with Crippen LogP contribution in [0.15, 0.2) is 30.3 Å². The Morgan fingerprint density at radius 2 is 2.06 bits per heavy atom. The van der Waals surface area contributed by atoms with E-state index in [0.29, 0.717) is 6.61 Å². The first-order chi connectivity index (χ1) is 8.25. The minimum Gasteiger partial charge on any atom is -0.463 e. The number of aryl methyl sites for hydroxylation is 1. The van der Waals surface area contributed by atoms with Gasteiger partial charge in [-0.1, -0.05) is 30.3 Å². The summed E-state index contributed by atoms with van der Waals surface area (Å²) in [7, 11) is 0. The Morgan fingerprint density at radius 3 is 2.76 bits per heavy atom. The number of epoxide rings is 1. The van der Waals surface area contributed by atoms with Crippen LogP contribution in [0, 0.1) is 0 Å². The van der Waals surface area contributed by atoms with Crippen LogP contribution >= 0.6 is 0 Å². The second kappa shape index (κ2) is 5.82. The maximum Gasteiger partial charge on any atom is 0.302 e. The summed E-state index contributed by atoms with van der Waals surface area (Å²) in [6.45, 7) is 1.83. The summed E-state index contributed by atoms with van der Waals surface area (Å²) in [6, 6.07) is 10.4. The van der Waals surface area contributed by atoms with Gasteiger partial charge in [0.1, 0.15) is 12.7 Å². The van der Waals surface area contributed by atoms with Crippen molar-refractivity contribution < 1.29 is 14.3 Å². The van der Waals surface area contributed by atoms with Gasteiger partial charge in [-0.25, -0.2) is 0 Å². The number of carbonyl (C=O) groups is 1. The zero-order valence-corrected chi connectivity index (χ0v) is 10.1. The van der Waals surface area contributed by atoms with Gasteiger partial charge in [0.15, 0.2) is 0 Å². The van der Waals surface area contributed by atoms with Gasteiger partial charge in [0.05, 0.1) is 6.10 Å². The number of benzene rings is 1. The molecule has 3 nitrogen and oxygen atoms in total. The Labute approximate surface area is 102 Å². The molecule has 1 aliphatic rings. The quantitative estimate of drug-likeness (QED) is 0.560. The second-order valence-corrected chi connectivity index (χ2v) is 4.39. The smallest absolute Gasteiger partial charge is 0.302 e. The first kappa shape index (κ1) is 12.1. The van der Waals surface area contributed by atoms with E-state index in [2.05, 4.69) is 24.3 Å². The summed E-state index contributed by atoms with van der Waals surface area (Å²) >= 11 is 0. The first-order valence-corrected chi connectivity index (χ1v) is 6.08. The molecule has 0 bridgehead atoms. The SMILES string of the molecule is CC(=O)OC[C@@H]1O[C@H]1CCCc1ccccc1. The van der Waals surface area contributed by atoms with Crippen LogP contribution in [0.5, 0.6) is 0 Å². The highest BCUT2D eigenvalue weighted by atomic mass is 16.6. The monoisotopic (exact) mass is 234 g/mol. The van der Waals surface area contributed by atoms with Gasteiger partial charge in [0.2, 0.25) is 0 Å². The van der Waals surface area contributed by atoms with Gasteiger partial charge in [-0.3, -0.25) is 4.79 Å². The molecule has 1 aliphatic heterocycles. The van der Waals surface area contributed by atoms with Crippen LogP contribution in [0.4, 0.5) is 0 Å². The molecule has 17 heavy (non-hydrogen) atoms. The molecule has 0 saturated carbocycles. The van der Waals surface area contributed by atoms with Crippen molar-refractivity contribution in [1.29, 1.82) is 0 Å². The van der Waals surface area contributed by atoms with E-state index in [1.165, 1.54) is 12.5 Å². The van der Waals surface area contributed by atoms with E-state index >= 15 is 0 Å². The van der Waals surface area contributed by atoms with Crippen LogP contribution in [-0.4, -0.2) is 24.8 Å². The van der Waals surface area contributed by atoms with Crippen LogP contribution in [0.2, 0.25) is 0 Å². The number of ether oxygens (including phenoxy) is 2. The lowest BCUT2D eigenvalue weighted by Crippen LogP contribution is -2.08. The van der Waals surface area contributed by atoms with Crippen LogP contribution in [0.25, 0.3) is 0 Å².